The summed E-state index contributed by atoms with van der Waals surface area (Å²) in [5.74, 6) is 2.58. The van der Waals surface area contributed by atoms with Crippen molar-refractivity contribution in [1.29, 1.82) is 0 Å². The Kier molecular flexibility index (Phi) is 3.05. The molecule has 6 heteroatoms. The summed E-state index contributed by atoms with van der Waals surface area (Å²) in [4.78, 5) is 6.06. The molecule has 3 aromatic rings. The molecule has 5 nitrogen and oxygen atoms in total. The molecule has 0 unspecified atom stereocenters. The third kappa shape index (κ3) is 2.16. The molecule has 0 saturated heterocycles. The van der Waals surface area contributed by atoms with Crippen LogP contribution in [0.15, 0.2) is 29.6 Å². The zero-order valence-corrected chi connectivity index (χ0v) is 12.2. The largest absolute Gasteiger partial charge is 0.454 e. The summed E-state index contributed by atoms with van der Waals surface area (Å²) in [6, 6.07) is 8.13. The Labute approximate surface area is 125 Å². The topological polar surface area (TPSA) is 62.3 Å². The van der Waals surface area contributed by atoms with Crippen molar-refractivity contribution in [3.63, 3.8) is 0 Å². The van der Waals surface area contributed by atoms with Gasteiger partial charge in [-0.25, -0.2) is 4.98 Å². The summed E-state index contributed by atoms with van der Waals surface area (Å²) in [5.41, 5.74) is 7.75. The predicted octanol–water partition coefficient (Wildman–Crippen LogP) is 2.38. The second-order valence-electron chi connectivity index (χ2n) is 4.92. The summed E-state index contributed by atoms with van der Waals surface area (Å²) in [5, 5.41) is 2.08. The fraction of sp³-hybridized carbons (Fsp3) is 0.267. The Morgan fingerprint density at radius 2 is 2.14 bits per heavy atom. The van der Waals surface area contributed by atoms with Crippen molar-refractivity contribution < 1.29 is 9.47 Å². The van der Waals surface area contributed by atoms with Crippen LogP contribution in [0.3, 0.4) is 0 Å². The van der Waals surface area contributed by atoms with E-state index >= 15 is 0 Å². The van der Waals surface area contributed by atoms with Gasteiger partial charge in [0.05, 0.1) is 11.0 Å². The van der Waals surface area contributed by atoms with Crippen LogP contribution in [-0.4, -0.2) is 22.9 Å². The van der Waals surface area contributed by atoms with Crippen LogP contribution in [0.25, 0.3) is 11.0 Å². The molecular weight excluding hydrogens is 286 g/mol. The lowest BCUT2D eigenvalue weighted by Crippen LogP contribution is -2.12. The summed E-state index contributed by atoms with van der Waals surface area (Å²) < 4.78 is 13.1. The lowest BCUT2D eigenvalue weighted by atomic mass is 10.2. The fourth-order valence-corrected chi connectivity index (χ4v) is 3.35. The van der Waals surface area contributed by atoms with E-state index in [9.17, 15) is 0 Å². The van der Waals surface area contributed by atoms with E-state index < -0.39 is 0 Å². The number of nitrogens with zero attached hydrogens (tertiary/aromatic N) is 2. The maximum atomic E-state index is 5.76. The van der Waals surface area contributed by atoms with E-state index in [0.717, 1.165) is 41.3 Å². The Morgan fingerprint density at radius 1 is 1.29 bits per heavy atom. The van der Waals surface area contributed by atoms with Gasteiger partial charge in [-0.05, 0) is 11.4 Å². The number of benzene rings is 1. The van der Waals surface area contributed by atoms with Crippen molar-refractivity contribution in [1.82, 2.24) is 9.55 Å². The molecule has 1 aliphatic rings. The highest BCUT2D eigenvalue weighted by Crippen LogP contribution is 2.36. The minimum absolute atomic E-state index is 0.279. The molecular formula is C15H15N3O2S. The van der Waals surface area contributed by atoms with Crippen molar-refractivity contribution in [3.8, 4) is 11.5 Å². The van der Waals surface area contributed by atoms with Crippen LogP contribution >= 0.6 is 11.3 Å². The first kappa shape index (κ1) is 12.7. The highest BCUT2D eigenvalue weighted by molar-refractivity contribution is 7.09. The zero-order valence-electron chi connectivity index (χ0n) is 11.4. The maximum absolute atomic E-state index is 5.76. The Hall–Kier alpha value is -2.05. The predicted molar refractivity (Wildman–Crippen MR) is 82.0 cm³/mol. The number of aromatic nitrogens is 2. The molecule has 0 fully saturated rings. The third-order valence-electron chi connectivity index (χ3n) is 3.59. The monoisotopic (exact) mass is 301 g/mol. The Morgan fingerprint density at radius 3 is 2.90 bits per heavy atom. The van der Waals surface area contributed by atoms with Gasteiger partial charge in [-0.15, -0.1) is 11.3 Å². The normalized spacial score (nSPS) is 13.2. The molecule has 1 aliphatic heterocycles. The first-order valence-corrected chi connectivity index (χ1v) is 7.74. The van der Waals surface area contributed by atoms with Gasteiger partial charge in [-0.3, -0.25) is 0 Å². The SMILES string of the molecule is NCCn1c(Cc2cccs2)nc2cc3c(cc21)OCO3. The second kappa shape index (κ2) is 5.05. The zero-order chi connectivity index (χ0) is 14.2. The molecule has 1 aromatic carbocycles. The van der Waals surface area contributed by atoms with Gasteiger partial charge < -0.3 is 19.8 Å². The molecule has 21 heavy (non-hydrogen) atoms. The lowest BCUT2D eigenvalue weighted by molar-refractivity contribution is 0.174. The van der Waals surface area contributed by atoms with Gasteiger partial charge in [0.1, 0.15) is 5.82 Å². The lowest BCUT2D eigenvalue weighted by Gasteiger charge is -2.07. The van der Waals surface area contributed by atoms with Crippen molar-refractivity contribution in [2.24, 2.45) is 5.73 Å². The van der Waals surface area contributed by atoms with Crippen LogP contribution in [0.2, 0.25) is 0 Å². The number of hydrogen-bond donors (Lipinski definition) is 1. The van der Waals surface area contributed by atoms with Gasteiger partial charge in [0.15, 0.2) is 11.5 Å². The third-order valence-corrected chi connectivity index (χ3v) is 4.46. The standard InChI is InChI=1S/C15H15N3O2S/c16-3-4-18-12-8-14-13(19-9-20-14)7-11(12)17-15(18)6-10-2-1-5-21-10/h1-2,5,7-8H,3-4,6,9,16H2. The van der Waals surface area contributed by atoms with Crippen molar-refractivity contribution in [2.45, 2.75) is 13.0 Å². The van der Waals surface area contributed by atoms with E-state index in [2.05, 4.69) is 22.1 Å². The molecule has 2 N–H and O–H groups in total. The fourth-order valence-electron chi connectivity index (χ4n) is 2.65. The average Bonchev–Trinajstić information content (AvgIpc) is 3.19. The smallest absolute Gasteiger partial charge is 0.231 e. The number of rotatable bonds is 4. The quantitative estimate of drug-likeness (QED) is 0.803. The number of fused-ring (bicyclic) bond motifs is 2. The van der Waals surface area contributed by atoms with Crippen LogP contribution < -0.4 is 15.2 Å². The summed E-state index contributed by atoms with van der Waals surface area (Å²) >= 11 is 1.74. The highest BCUT2D eigenvalue weighted by atomic mass is 32.1. The maximum Gasteiger partial charge on any atom is 0.231 e. The van der Waals surface area contributed by atoms with Gasteiger partial charge in [0, 0.05) is 36.5 Å². The molecule has 4 rings (SSSR count). The van der Waals surface area contributed by atoms with Crippen LogP contribution in [0, 0.1) is 0 Å². The minimum Gasteiger partial charge on any atom is -0.454 e. The highest BCUT2D eigenvalue weighted by Gasteiger charge is 2.19. The van der Waals surface area contributed by atoms with Crippen LogP contribution in [0.5, 0.6) is 11.5 Å². The van der Waals surface area contributed by atoms with Crippen molar-refractivity contribution in [2.75, 3.05) is 13.3 Å². The number of imidazole rings is 1. The number of thiophene rings is 1. The van der Waals surface area contributed by atoms with E-state index in [4.69, 9.17) is 20.2 Å². The van der Waals surface area contributed by atoms with Gasteiger partial charge in [0.25, 0.3) is 0 Å². The molecule has 0 spiro atoms. The van der Waals surface area contributed by atoms with E-state index in [0.29, 0.717) is 6.54 Å². The molecule has 0 bridgehead atoms. The molecule has 0 aliphatic carbocycles. The minimum atomic E-state index is 0.279. The molecule has 108 valence electrons. The van der Waals surface area contributed by atoms with Gasteiger partial charge in [-0.2, -0.15) is 0 Å². The van der Waals surface area contributed by atoms with Gasteiger partial charge >= 0.3 is 0 Å². The molecule has 0 saturated carbocycles. The van der Waals surface area contributed by atoms with Crippen LogP contribution in [0.4, 0.5) is 0 Å². The first-order chi connectivity index (χ1) is 10.3. The summed E-state index contributed by atoms with van der Waals surface area (Å²) in [7, 11) is 0. The van der Waals surface area contributed by atoms with E-state index in [-0.39, 0.29) is 6.79 Å². The average molecular weight is 301 g/mol. The Bertz CT molecular complexity index is 780. The van der Waals surface area contributed by atoms with E-state index in [1.54, 1.807) is 11.3 Å². The van der Waals surface area contributed by atoms with Crippen molar-refractivity contribution >= 4 is 22.4 Å². The second-order valence-corrected chi connectivity index (χ2v) is 5.95. The number of ether oxygens (including phenoxy) is 2. The van der Waals surface area contributed by atoms with E-state index in [1.807, 2.05) is 12.1 Å². The van der Waals surface area contributed by atoms with Gasteiger partial charge in [-0.1, -0.05) is 6.07 Å². The van der Waals surface area contributed by atoms with Crippen LogP contribution in [-0.2, 0) is 13.0 Å². The first-order valence-electron chi connectivity index (χ1n) is 6.86. The molecule has 0 atom stereocenters. The van der Waals surface area contributed by atoms with E-state index in [1.165, 1.54) is 4.88 Å². The molecule has 0 amide bonds. The molecule has 3 heterocycles. The van der Waals surface area contributed by atoms with Crippen LogP contribution in [0.1, 0.15) is 10.7 Å². The summed E-state index contributed by atoms with van der Waals surface area (Å²) in [6.45, 7) is 1.61. The Balaban J connectivity index is 1.83. The van der Waals surface area contributed by atoms with Gasteiger partial charge in [0.2, 0.25) is 6.79 Å². The number of nitrogens with two attached hydrogens (primary N) is 1. The molecule has 2 aromatic heterocycles. The molecule has 0 radical (unpaired) electrons. The van der Waals surface area contributed by atoms with Crippen molar-refractivity contribution in [3.05, 3.63) is 40.3 Å². The number of hydrogen-bond acceptors (Lipinski definition) is 5. The summed E-state index contributed by atoms with van der Waals surface area (Å²) in [6.07, 6.45) is 0.818.